The molecule has 1 aromatic carbocycles. The lowest BCUT2D eigenvalue weighted by Crippen LogP contribution is -2.48. The fraction of sp³-hybridized carbons (Fsp3) is 0.389. The van der Waals surface area contributed by atoms with Gasteiger partial charge in [-0.25, -0.2) is 0 Å². The molecule has 2 aromatic heterocycles. The van der Waals surface area contributed by atoms with Crippen molar-refractivity contribution >= 4 is 16.8 Å². The van der Waals surface area contributed by atoms with E-state index in [0.717, 1.165) is 29.7 Å². The van der Waals surface area contributed by atoms with E-state index in [2.05, 4.69) is 20.0 Å². The number of benzene rings is 1. The third-order valence-electron chi connectivity index (χ3n) is 4.65. The lowest BCUT2D eigenvalue weighted by molar-refractivity contribution is 0.0619. The van der Waals surface area contributed by atoms with E-state index in [-0.39, 0.29) is 5.91 Å². The highest BCUT2D eigenvalue weighted by Crippen LogP contribution is 2.22. The largest absolute Gasteiger partial charge is 0.497 e. The number of H-pyrrole nitrogens is 1. The summed E-state index contributed by atoms with van der Waals surface area (Å²) in [5.41, 5.74) is 1.54. The number of piperazine rings is 1. The normalized spacial score (nSPS) is 15.5. The number of rotatable bonds is 4. The highest BCUT2D eigenvalue weighted by Gasteiger charge is 2.24. The molecule has 1 fully saturated rings. The van der Waals surface area contributed by atoms with Gasteiger partial charge in [-0.1, -0.05) is 5.16 Å². The van der Waals surface area contributed by atoms with E-state index in [1.54, 1.807) is 14.0 Å². The molecule has 0 atom stereocenters. The van der Waals surface area contributed by atoms with Gasteiger partial charge in [-0.2, -0.15) is 4.98 Å². The maximum atomic E-state index is 12.8. The van der Waals surface area contributed by atoms with Crippen molar-refractivity contribution in [2.24, 2.45) is 0 Å². The molecular formula is C18H21N5O3. The summed E-state index contributed by atoms with van der Waals surface area (Å²) in [6, 6.07) is 7.61. The smallest absolute Gasteiger partial charge is 0.270 e. The molecule has 1 N–H and O–H groups in total. The highest BCUT2D eigenvalue weighted by molar-refractivity contribution is 5.98. The van der Waals surface area contributed by atoms with Gasteiger partial charge in [0.1, 0.15) is 11.4 Å². The van der Waals surface area contributed by atoms with Crippen LogP contribution in [-0.4, -0.2) is 64.1 Å². The van der Waals surface area contributed by atoms with Crippen LogP contribution in [0, 0.1) is 6.92 Å². The minimum Gasteiger partial charge on any atom is -0.497 e. The van der Waals surface area contributed by atoms with Crippen LogP contribution in [0.5, 0.6) is 5.75 Å². The average molecular weight is 355 g/mol. The Kier molecular flexibility index (Phi) is 4.34. The van der Waals surface area contributed by atoms with Crippen LogP contribution < -0.4 is 4.74 Å². The number of fused-ring (bicyclic) bond motifs is 1. The van der Waals surface area contributed by atoms with Gasteiger partial charge in [0, 0.05) is 44.0 Å². The molecular weight excluding hydrogens is 334 g/mol. The maximum absolute atomic E-state index is 12.8. The number of hydrogen-bond donors (Lipinski definition) is 1. The Morgan fingerprint density at radius 2 is 2.08 bits per heavy atom. The van der Waals surface area contributed by atoms with E-state index < -0.39 is 0 Å². The van der Waals surface area contributed by atoms with Gasteiger partial charge in [0.05, 0.1) is 13.7 Å². The summed E-state index contributed by atoms with van der Waals surface area (Å²) < 4.78 is 10.2. The van der Waals surface area contributed by atoms with Crippen molar-refractivity contribution in [3.8, 4) is 5.75 Å². The van der Waals surface area contributed by atoms with Gasteiger partial charge in [-0.15, -0.1) is 0 Å². The molecule has 0 bridgehead atoms. The van der Waals surface area contributed by atoms with E-state index in [9.17, 15) is 4.79 Å². The van der Waals surface area contributed by atoms with Gasteiger partial charge in [-0.05, 0) is 24.3 Å². The molecule has 4 rings (SSSR count). The number of amides is 1. The number of carbonyl (C=O) groups excluding carboxylic acids is 1. The van der Waals surface area contributed by atoms with Crippen molar-refractivity contribution in [2.75, 3.05) is 33.3 Å². The van der Waals surface area contributed by atoms with Crippen molar-refractivity contribution in [1.82, 2.24) is 24.9 Å². The summed E-state index contributed by atoms with van der Waals surface area (Å²) in [6.45, 7) is 5.35. The molecule has 3 heterocycles. The molecule has 136 valence electrons. The predicted molar refractivity (Wildman–Crippen MR) is 95.1 cm³/mol. The SMILES string of the molecule is COc1ccc2[nH]c(C(=O)N3CCN(Cc4noc(C)n4)CC3)cc2c1. The molecule has 1 aliphatic heterocycles. The highest BCUT2D eigenvalue weighted by atomic mass is 16.5. The topological polar surface area (TPSA) is 87.5 Å². The minimum atomic E-state index is 0.0234. The van der Waals surface area contributed by atoms with Crippen molar-refractivity contribution in [3.63, 3.8) is 0 Å². The second kappa shape index (κ2) is 6.80. The number of aryl methyl sites for hydroxylation is 1. The Labute approximate surface area is 150 Å². The Morgan fingerprint density at radius 1 is 1.27 bits per heavy atom. The summed E-state index contributed by atoms with van der Waals surface area (Å²) in [5.74, 6) is 2.06. The zero-order valence-corrected chi connectivity index (χ0v) is 14.9. The number of carbonyl (C=O) groups is 1. The molecule has 26 heavy (non-hydrogen) atoms. The van der Waals surface area contributed by atoms with Crippen LogP contribution in [0.25, 0.3) is 10.9 Å². The summed E-state index contributed by atoms with van der Waals surface area (Å²) in [6.07, 6.45) is 0. The molecule has 1 saturated heterocycles. The first-order chi connectivity index (χ1) is 12.6. The summed E-state index contributed by atoms with van der Waals surface area (Å²) in [5, 5.41) is 4.90. The number of methoxy groups -OCH3 is 1. The van der Waals surface area contributed by atoms with Crippen LogP contribution in [0.15, 0.2) is 28.8 Å². The van der Waals surface area contributed by atoms with Gasteiger partial charge in [0.2, 0.25) is 5.89 Å². The molecule has 0 aliphatic carbocycles. The van der Waals surface area contributed by atoms with Crippen molar-refractivity contribution in [3.05, 3.63) is 41.7 Å². The zero-order chi connectivity index (χ0) is 18.1. The number of aromatic nitrogens is 3. The first-order valence-corrected chi connectivity index (χ1v) is 8.60. The van der Waals surface area contributed by atoms with Gasteiger partial charge in [0.15, 0.2) is 5.82 Å². The Hall–Kier alpha value is -2.87. The van der Waals surface area contributed by atoms with Crippen LogP contribution in [0.3, 0.4) is 0 Å². The molecule has 1 amide bonds. The zero-order valence-electron chi connectivity index (χ0n) is 14.9. The molecule has 1 aliphatic rings. The number of ether oxygens (including phenoxy) is 1. The quantitative estimate of drug-likeness (QED) is 0.768. The van der Waals surface area contributed by atoms with Crippen LogP contribution in [0.1, 0.15) is 22.2 Å². The minimum absolute atomic E-state index is 0.0234. The van der Waals surface area contributed by atoms with Gasteiger partial charge in [0.25, 0.3) is 5.91 Å². The first kappa shape index (κ1) is 16.6. The van der Waals surface area contributed by atoms with Gasteiger partial charge >= 0.3 is 0 Å². The molecule has 8 heteroatoms. The predicted octanol–water partition coefficient (Wildman–Crippen LogP) is 1.83. The van der Waals surface area contributed by atoms with E-state index >= 15 is 0 Å². The van der Waals surface area contributed by atoms with Gasteiger partial charge < -0.3 is 19.1 Å². The number of hydrogen-bond acceptors (Lipinski definition) is 6. The molecule has 0 unspecified atom stereocenters. The van der Waals surface area contributed by atoms with E-state index in [0.29, 0.717) is 37.0 Å². The maximum Gasteiger partial charge on any atom is 0.270 e. The monoisotopic (exact) mass is 355 g/mol. The van der Waals surface area contributed by atoms with Crippen molar-refractivity contribution < 1.29 is 14.1 Å². The molecule has 8 nitrogen and oxygen atoms in total. The van der Waals surface area contributed by atoms with Crippen LogP contribution in [-0.2, 0) is 6.54 Å². The fourth-order valence-corrected chi connectivity index (χ4v) is 3.24. The molecule has 0 saturated carbocycles. The van der Waals surface area contributed by atoms with Crippen LogP contribution in [0.2, 0.25) is 0 Å². The molecule has 0 radical (unpaired) electrons. The third-order valence-corrected chi connectivity index (χ3v) is 4.65. The first-order valence-electron chi connectivity index (χ1n) is 8.60. The Balaban J connectivity index is 1.40. The average Bonchev–Trinajstić information content (AvgIpc) is 3.27. The standard InChI is InChI=1S/C18H21N5O3/c1-12-19-17(21-26-12)11-22-5-7-23(8-6-22)18(24)16-10-13-9-14(25-2)3-4-15(13)20-16/h3-4,9-10,20H,5-8,11H2,1-2H3. The van der Waals surface area contributed by atoms with E-state index in [1.165, 1.54) is 0 Å². The fourth-order valence-electron chi connectivity index (χ4n) is 3.24. The number of aromatic amines is 1. The Bertz CT molecular complexity index is 924. The number of nitrogens with zero attached hydrogens (tertiary/aromatic N) is 4. The van der Waals surface area contributed by atoms with E-state index in [1.807, 2.05) is 29.2 Å². The second-order valence-electron chi connectivity index (χ2n) is 6.43. The summed E-state index contributed by atoms with van der Waals surface area (Å²) >= 11 is 0. The second-order valence-corrected chi connectivity index (χ2v) is 6.43. The third kappa shape index (κ3) is 3.28. The summed E-state index contributed by atoms with van der Waals surface area (Å²) in [4.78, 5) is 24.3. The molecule has 0 spiro atoms. The van der Waals surface area contributed by atoms with Crippen molar-refractivity contribution in [1.29, 1.82) is 0 Å². The Morgan fingerprint density at radius 3 is 2.77 bits per heavy atom. The summed E-state index contributed by atoms with van der Waals surface area (Å²) in [7, 11) is 1.63. The lowest BCUT2D eigenvalue weighted by Gasteiger charge is -2.33. The van der Waals surface area contributed by atoms with E-state index in [4.69, 9.17) is 9.26 Å². The van der Waals surface area contributed by atoms with Crippen LogP contribution >= 0.6 is 0 Å². The molecule has 3 aromatic rings. The van der Waals surface area contributed by atoms with Crippen molar-refractivity contribution in [2.45, 2.75) is 13.5 Å². The van der Waals surface area contributed by atoms with Crippen LogP contribution in [0.4, 0.5) is 0 Å². The number of nitrogens with one attached hydrogen (secondary N) is 1. The van der Waals surface area contributed by atoms with Gasteiger partial charge in [-0.3, -0.25) is 9.69 Å². The lowest BCUT2D eigenvalue weighted by atomic mass is 10.2.